The monoisotopic (exact) mass is 288 g/mol. The van der Waals surface area contributed by atoms with Crippen LogP contribution in [0.4, 0.5) is 0 Å². The molecule has 0 nitrogen and oxygen atoms in total. The van der Waals surface area contributed by atoms with E-state index < -0.39 is 18.4 Å². The van der Waals surface area contributed by atoms with E-state index in [9.17, 15) is 0 Å². The average molecular weight is 287 g/mol. The Bertz CT molecular complexity index is 246. The molecule has 1 aromatic rings. The van der Waals surface area contributed by atoms with Crippen LogP contribution in [0.25, 0.3) is 0 Å². The van der Waals surface area contributed by atoms with Gasteiger partial charge in [-0.05, 0) is 0 Å². The predicted octanol–water partition coefficient (Wildman–Crippen LogP) is 2.95. The summed E-state index contributed by atoms with van der Waals surface area (Å²) in [7, 11) is 0. The molecule has 0 saturated carbocycles. The third-order valence-corrected chi connectivity index (χ3v) is 8.59. The van der Waals surface area contributed by atoms with Crippen LogP contribution < -0.4 is 3.58 Å². The molecule has 0 bridgehead atoms. The summed E-state index contributed by atoms with van der Waals surface area (Å²) >= 11 is 0.0405. The molecule has 2 heteroatoms. The van der Waals surface area contributed by atoms with Gasteiger partial charge in [0.05, 0.1) is 0 Å². The van der Waals surface area contributed by atoms with Crippen LogP contribution in [0.3, 0.4) is 0 Å². The fourth-order valence-electron chi connectivity index (χ4n) is 1.09. The van der Waals surface area contributed by atoms with Gasteiger partial charge in [0.15, 0.2) is 0 Å². The fourth-order valence-corrected chi connectivity index (χ4v) is 4.83. The minimum absolute atomic E-state index is 1.37. The summed E-state index contributed by atoms with van der Waals surface area (Å²) in [5, 5.41) is 0. The molecule has 66 valence electrons. The van der Waals surface area contributed by atoms with E-state index in [1.807, 2.05) is 11.8 Å². The van der Waals surface area contributed by atoms with Crippen molar-refractivity contribution >= 4 is 33.7 Å². The molecule has 0 N–H and O–H groups in total. The van der Waals surface area contributed by atoms with Crippen molar-refractivity contribution in [3.05, 3.63) is 24.3 Å². The summed E-state index contributed by atoms with van der Waals surface area (Å²) in [5.41, 5.74) is 0. The van der Waals surface area contributed by atoms with Crippen molar-refractivity contribution in [1.82, 2.24) is 0 Å². The molecule has 1 aromatic carbocycles. The SMILES string of the molecule is CSc1cc[c]([Sn]([CH3])([CH3])[CH3])cc1. The van der Waals surface area contributed by atoms with E-state index in [1.165, 1.54) is 4.90 Å². The van der Waals surface area contributed by atoms with Gasteiger partial charge in [-0.25, -0.2) is 0 Å². The Labute approximate surface area is 83.6 Å². The first-order chi connectivity index (χ1) is 5.54. The molecule has 1 rings (SSSR count). The predicted molar refractivity (Wildman–Crippen MR) is 61.2 cm³/mol. The van der Waals surface area contributed by atoms with Gasteiger partial charge in [-0.1, -0.05) is 0 Å². The quantitative estimate of drug-likeness (QED) is 0.595. The van der Waals surface area contributed by atoms with E-state index in [-0.39, 0.29) is 0 Å². The molecule has 0 fully saturated rings. The normalized spacial score (nSPS) is 11.7. The van der Waals surface area contributed by atoms with Crippen molar-refractivity contribution in [3.8, 4) is 0 Å². The molecule has 0 aliphatic rings. The van der Waals surface area contributed by atoms with Gasteiger partial charge in [0.1, 0.15) is 0 Å². The molecule has 0 aliphatic carbocycles. The van der Waals surface area contributed by atoms with Crippen molar-refractivity contribution in [2.45, 2.75) is 19.7 Å². The second-order valence-electron chi connectivity index (χ2n) is 3.98. The number of hydrogen-bond acceptors (Lipinski definition) is 1. The van der Waals surface area contributed by atoms with Gasteiger partial charge in [0.2, 0.25) is 0 Å². The maximum atomic E-state index is 2.45. The summed E-state index contributed by atoms with van der Waals surface area (Å²) in [4.78, 5) is 8.71. The summed E-state index contributed by atoms with van der Waals surface area (Å²) in [6, 6.07) is 9.09. The topological polar surface area (TPSA) is 0 Å². The van der Waals surface area contributed by atoms with Crippen molar-refractivity contribution in [2.24, 2.45) is 0 Å². The van der Waals surface area contributed by atoms with E-state index in [1.54, 1.807) is 3.58 Å². The Balaban J connectivity index is 2.93. The van der Waals surface area contributed by atoms with Crippen LogP contribution in [0.1, 0.15) is 0 Å². The number of rotatable bonds is 2. The van der Waals surface area contributed by atoms with E-state index in [0.29, 0.717) is 0 Å². The summed E-state index contributed by atoms with van der Waals surface area (Å²) < 4.78 is 1.61. The second kappa shape index (κ2) is 4.05. The zero-order valence-corrected chi connectivity index (χ0v) is 11.9. The first kappa shape index (κ1) is 10.4. The molecule has 0 spiro atoms. The van der Waals surface area contributed by atoms with Crippen molar-refractivity contribution < 1.29 is 0 Å². The molecule has 0 unspecified atom stereocenters. The molecule has 12 heavy (non-hydrogen) atoms. The molecular weight excluding hydrogens is 271 g/mol. The standard InChI is InChI=1S/C7H7S.3CH3.Sn/c1-8-7-5-3-2-4-6-7;;;;/h3-6H,1H3;3*1H3;. The van der Waals surface area contributed by atoms with E-state index in [4.69, 9.17) is 0 Å². The summed E-state index contributed by atoms with van der Waals surface area (Å²) in [5.74, 6) is 0. The minimum atomic E-state index is -1.77. The molecular formula is C10H16SSn. The van der Waals surface area contributed by atoms with Crippen LogP contribution in [0.15, 0.2) is 29.2 Å². The maximum absolute atomic E-state index is 2.45. The van der Waals surface area contributed by atoms with Crippen LogP contribution in [-0.2, 0) is 0 Å². The van der Waals surface area contributed by atoms with Gasteiger partial charge in [0.25, 0.3) is 0 Å². The molecule has 0 heterocycles. The Morgan fingerprint density at radius 2 is 1.50 bits per heavy atom. The van der Waals surface area contributed by atoms with Gasteiger partial charge in [0, 0.05) is 0 Å². The Kier molecular flexibility index (Phi) is 3.53. The number of thioether (sulfide) groups is 1. The van der Waals surface area contributed by atoms with Gasteiger partial charge in [-0.3, -0.25) is 0 Å². The van der Waals surface area contributed by atoms with Gasteiger partial charge in [-0.2, -0.15) is 0 Å². The second-order valence-corrected chi connectivity index (χ2v) is 19.3. The molecule has 0 amide bonds. The van der Waals surface area contributed by atoms with Gasteiger partial charge < -0.3 is 0 Å². The molecule has 0 radical (unpaired) electrons. The van der Waals surface area contributed by atoms with E-state index in [2.05, 4.69) is 45.3 Å². The molecule has 0 atom stereocenters. The molecule has 0 aromatic heterocycles. The third-order valence-electron chi connectivity index (χ3n) is 1.96. The van der Waals surface area contributed by atoms with Crippen LogP contribution in [0.5, 0.6) is 0 Å². The zero-order valence-electron chi connectivity index (χ0n) is 8.22. The first-order valence-corrected chi connectivity index (χ1v) is 15.4. The van der Waals surface area contributed by atoms with Gasteiger partial charge >= 0.3 is 84.0 Å². The van der Waals surface area contributed by atoms with Crippen LogP contribution in [0.2, 0.25) is 14.8 Å². The van der Waals surface area contributed by atoms with Crippen molar-refractivity contribution in [3.63, 3.8) is 0 Å². The van der Waals surface area contributed by atoms with Crippen molar-refractivity contribution in [1.29, 1.82) is 0 Å². The molecule has 0 saturated heterocycles. The summed E-state index contributed by atoms with van der Waals surface area (Å²) in [6.07, 6.45) is 2.12. The zero-order chi connectivity index (χ0) is 9.19. The number of benzene rings is 1. The first-order valence-electron chi connectivity index (χ1n) is 4.18. The van der Waals surface area contributed by atoms with E-state index >= 15 is 0 Å². The summed E-state index contributed by atoms with van der Waals surface area (Å²) in [6.45, 7) is 0. The third kappa shape index (κ3) is 2.70. The van der Waals surface area contributed by atoms with E-state index in [0.717, 1.165) is 0 Å². The van der Waals surface area contributed by atoms with Gasteiger partial charge in [-0.15, -0.1) is 0 Å². The van der Waals surface area contributed by atoms with Crippen LogP contribution in [0, 0.1) is 0 Å². The fraction of sp³-hybridized carbons (Fsp3) is 0.400. The van der Waals surface area contributed by atoms with Crippen LogP contribution >= 0.6 is 11.8 Å². The van der Waals surface area contributed by atoms with Crippen molar-refractivity contribution in [2.75, 3.05) is 6.26 Å². The Morgan fingerprint density at radius 1 is 1.00 bits per heavy atom. The Hall–Kier alpha value is 0.369. The Morgan fingerprint density at radius 3 is 1.83 bits per heavy atom. The average Bonchev–Trinajstić information content (AvgIpc) is 2.03. The van der Waals surface area contributed by atoms with Crippen LogP contribution in [-0.4, -0.2) is 24.6 Å². The molecule has 0 aliphatic heterocycles. The number of hydrogen-bond donors (Lipinski definition) is 0.